The second-order valence-electron chi connectivity index (χ2n) is 9.64. The van der Waals surface area contributed by atoms with Crippen molar-refractivity contribution in [3.8, 4) is 0 Å². The highest BCUT2D eigenvalue weighted by atomic mass is 35.5. The largest absolute Gasteiger partial charge is 0.352 e. The molecule has 0 fully saturated rings. The molecule has 214 valence electrons. The van der Waals surface area contributed by atoms with Gasteiger partial charge in [-0.1, -0.05) is 67.4 Å². The summed E-state index contributed by atoms with van der Waals surface area (Å²) >= 11 is 12.2. The number of amides is 2. The molecule has 3 aromatic rings. The summed E-state index contributed by atoms with van der Waals surface area (Å²) in [6.45, 7) is 7.23. The van der Waals surface area contributed by atoms with E-state index in [4.69, 9.17) is 23.2 Å². The molecule has 40 heavy (non-hydrogen) atoms. The molecule has 3 rings (SSSR count). The third kappa shape index (κ3) is 7.77. The van der Waals surface area contributed by atoms with E-state index in [1.165, 1.54) is 35.2 Å². The van der Waals surface area contributed by atoms with Crippen molar-refractivity contribution in [2.75, 3.05) is 10.8 Å². The van der Waals surface area contributed by atoms with Crippen molar-refractivity contribution in [3.63, 3.8) is 0 Å². The van der Waals surface area contributed by atoms with Crippen molar-refractivity contribution in [3.05, 3.63) is 94.0 Å². The minimum Gasteiger partial charge on any atom is -0.352 e. The van der Waals surface area contributed by atoms with Crippen LogP contribution < -0.4 is 9.62 Å². The maximum atomic E-state index is 14.1. The fourth-order valence-corrected chi connectivity index (χ4v) is 5.94. The Bertz CT molecular complexity index is 1430. The van der Waals surface area contributed by atoms with Crippen molar-refractivity contribution >= 4 is 50.7 Å². The summed E-state index contributed by atoms with van der Waals surface area (Å²) < 4.78 is 28.8. The van der Waals surface area contributed by atoms with Gasteiger partial charge in [0.1, 0.15) is 12.6 Å². The predicted molar refractivity (Wildman–Crippen MR) is 161 cm³/mol. The van der Waals surface area contributed by atoms with E-state index in [-0.39, 0.29) is 29.1 Å². The molecule has 0 aromatic heterocycles. The number of halogens is 2. The van der Waals surface area contributed by atoms with Gasteiger partial charge in [0.05, 0.1) is 10.6 Å². The number of nitrogens with one attached hydrogen (secondary N) is 1. The van der Waals surface area contributed by atoms with E-state index in [1.807, 2.05) is 52.0 Å². The SMILES string of the molecule is CC[C@@H](C)NC(=O)[C@@H](CC)N(Cc1ccccc1C)C(=O)CN(c1cccc(Cl)c1)S(=O)(=O)c1ccc(Cl)cc1. The lowest BCUT2D eigenvalue weighted by Gasteiger charge is -2.34. The topological polar surface area (TPSA) is 86.8 Å². The molecule has 0 spiro atoms. The van der Waals surface area contributed by atoms with Crippen LogP contribution in [-0.4, -0.2) is 43.8 Å². The normalized spacial score (nSPS) is 12.8. The molecule has 0 aliphatic heterocycles. The second-order valence-corrected chi connectivity index (χ2v) is 12.4. The van der Waals surface area contributed by atoms with Gasteiger partial charge < -0.3 is 10.2 Å². The molecule has 10 heteroatoms. The molecule has 7 nitrogen and oxygen atoms in total. The van der Waals surface area contributed by atoms with Gasteiger partial charge >= 0.3 is 0 Å². The number of benzene rings is 3. The summed E-state index contributed by atoms with van der Waals surface area (Å²) in [7, 11) is -4.20. The zero-order valence-electron chi connectivity index (χ0n) is 23.1. The number of sulfonamides is 1. The van der Waals surface area contributed by atoms with E-state index in [2.05, 4.69) is 5.32 Å². The van der Waals surface area contributed by atoms with Crippen LogP contribution in [0, 0.1) is 6.92 Å². The second kappa shape index (κ2) is 14.0. The highest BCUT2D eigenvalue weighted by molar-refractivity contribution is 7.92. The van der Waals surface area contributed by atoms with Crippen molar-refractivity contribution in [2.45, 2.75) is 64.1 Å². The number of carbonyl (C=O) groups excluding carboxylic acids is 2. The van der Waals surface area contributed by atoms with Crippen LogP contribution >= 0.6 is 23.2 Å². The molecule has 0 aliphatic carbocycles. The number of anilines is 1. The number of hydrogen-bond acceptors (Lipinski definition) is 4. The van der Waals surface area contributed by atoms with Crippen LogP contribution in [0.1, 0.15) is 44.7 Å². The lowest BCUT2D eigenvalue weighted by atomic mass is 10.1. The maximum Gasteiger partial charge on any atom is 0.264 e. The van der Waals surface area contributed by atoms with Crippen LogP contribution in [0.2, 0.25) is 10.0 Å². The number of rotatable bonds is 12. The van der Waals surface area contributed by atoms with Crippen LogP contribution in [0.15, 0.2) is 77.7 Å². The van der Waals surface area contributed by atoms with Gasteiger partial charge in [0, 0.05) is 22.6 Å². The van der Waals surface area contributed by atoms with Crippen LogP contribution in [-0.2, 0) is 26.2 Å². The van der Waals surface area contributed by atoms with E-state index in [0.29, 0.717) is 16.5 Å². The zero-order chi connectivity index (χ0) is 29.4. The van der Waals surface area contributed by atoms with Crippen molar-refractivity contribution in [1.82, 2.24) is 10.2 Å². The van der Waals surface area contributed by atoms with Crippen molar-refractivity contribution in [1.29, 1.82) is 0 Å². The van der Waals surface area contributed by atoms with Crippen molar-refractivity contribution in [2.24, 2.45) is 0 Å². The fourth-order valence-electron chi connectivity index (χ4n) is 4.23. The molecule has 0 unspecified atom stereocenters. The van der Waals surface area contributed by atoms with Gasteiger partial charge in [-0.05, 0) is 80.3 Å². The van der Waals surface area contributed by atoms with E-state index in [0.717, 1.165) is 21.9 Å². The fraction of sp³-hybridized carbons (Fsp3) is 0.333. The van der Waals surface area contributed by atoms with Crippen molar-refractivity contribution < 1.29 is 18.0 Å². The zero-order valence-corrected chi connectivity index (χ0v) is 25.4. The van der Waals surface area contributed by atoms with Gasteiger partial charge in [-0.3, -0.25) is 13.9 Å². The Morgan fingerprint density at radius 2 is 1.57 bits per heavy atom. The van der Waals surface area contributed by atoms with Gasteiger partial charge in [-0.15, -0.1) is 0 Å². The summed E-state index contributed by atoms with van der Waals surface area (Å²) in [6.07, 6.45) is 1.08. The molecule has 0 heterocycles. The highest BCUT2D eigenvalue weighted by Crippen LogP contribution is 2.28. The third-order valence-electron chi connectivity index (χ3n) is 6.77. The van der Waals surface area contributed by atoms with Gasteiger partial charge in [0.2, 0.25) is 11.8 Å². The van der Waals surface area contributed by atoms with Gasteiger partial charge in [-0.25, -0.2) is 8.42 Å². The van der Waals surface area contributed by atoms with E-state index in [9.17, 15) is 18.0 Å². The monoisotopic (exact) mass is 603 g/mol. The first-order chi connectivity index (χ1) is 19.0. The smallest absolute Gasteiger partial charge is 0.264 e. The summed E-state index contributed by atoms with van der Waals surface area (Å²) in [5.41, 5.74) is 2.04. The number of aryl methyl sites for hydroxylation is 1. The quantitative estimate of drug-likeness (QED) is 0.266. The van der Waals surface area contributed by atoms with Crippen LogP contribution in [0.3, 0.4) is 0 Å². The average Bonchev–Trinajstić information content (AvgIpc) is 2.92. The summed E-state index contributed by atoms with van der Waals surface area (Å²) in [5, 5.41) is 3.67. The first kappa shape index (κ1) is 31.5. The summed E-state index contributed by atoms with van der Waals surface area (Å²) in [5.74, 6) is -0.805. The van der Waals surface area contributed by atoms with E-state index < -0.39 is 28.5 Å². The molecule has 0 saturated heterocycles. The predicted octanol–water partition coefficient (Wildman–Crippen LogP) is 6.22. The first-order valence-corrected chi connectivity index (χ1v) is 15.4. The minimum absolute atomic E-state index is 0.0308. The minimum atomic E-state index is -4.20. The Balaban J connectivity index is 2.07. The Morgan fingerprint density at radius 1 is 0.900 bits per heavy atom. The summed E-state index contributed by atoms with van der Waals surface area (Å²) in [6, 6.07) is 18.7. The Kier molecular flexibility index (Phi) is 11.0. The molecular formula is C30H35Cl2N3O4S. The van der Waals surface area contributed by atoms with Gasteiger partial charge in [0.15, 0.2) is 0 Å². The molecular weight excluding hydrogens is 569 g/mol. The highest BCUT2D eigenvalue weighted by Gasteiger charge is 2.34. The Hall–Kier alpha value is -3.07. The molecule has 1 N–H and O–H groups in total. The molecule has 0 saturated carbocycles. The first-order valence-electron chi connectivity index (χ1n) is 13.2. The third-order valence-corrected chi connectivity index (χ3v) is 9.04. The van der Waals surface area contributed by atoms with Gasteiger partial charge in [0.25, 0.3) is 10.0 Å². The van der Waals surface area contributed by atoms with Crippen LogP contribution in [0.4, 0.5) is 5.69 Å². The molecule has 0 bridgehead atoms. The van der Waals surface area contributed by atoms with Crippen LogP contribution in [0.25, 0.3) is 0 Å². The van der Waals surface area contributed by atoms with E-state index >= 15 is 0 Å². The molecule has 0 radical (unpaired) electrons. The van der Waals surface area contributed by atoms with Gasteiger partial charge in [-0.2, -0.15) is 0 Å². The standard InChI is InChI=1S/C30H35Cl2N3O4S/c1-5-22(4)33-30(37)28(6-2)34(19-23-11-8-7-10-21(23)3)29(36)20-35(26-13-9-12-25(32)18-26)40(38,39)27-16-14-24(31)15-17-27/h7-18,22,28H,5-6,19-20H2,1-4H3,(H,33,37)/t22-,28-/m1/s1. The maximum absolute atomic E-state index is 14.1. The number of hydrogen-bond donors (Lipinski definition) is 1. The lowest BCUT2D eigenvalue weighted by molar-refractivity contribution is -0.140. The van der Waals surface area contributed by atoms with Crippen LogP contribution in [0.5, 0.6) is 0 Å². The molecule has 2 amide bonds. The average molecular weight is 605 g/mol. The van der Waals surface area contributed by atoms with E-state index in [1.54, 1.807) is 18.2 Å². The lowest BCUT2D eigenvalue weighted by Crippen LogP contribution is -2.53. The number of carbonyl (C=O) groups is 2. The Labute approximate surface area is 247 Å². The molecule has 2 atom stereocenters. The Morgan fingerprint density at radius 3 is 2.17 bits per heavy atom. The molecule has 0 aliphatic rings. The number of nitrogens with zero attached hydrogens (tertiary/aromatic N) is 2. The summed E-state index contributed by atoms with van der Waals surface area (Å²) in [4.78, 5) is 28.9. The molecule has 3 aromatic carbocycles.